The molecular weight excluding hydrogens is 236 g/mol. The third kappa shape index (κ3) is 3.71. The molecule has 1 saturated carbocycles. The minimum absolute atomic E-state index is 0.327. The van der Waals surface area contributed by atoms with E-state index in [2.05, 4.69) is 30.0 Å². The minimum atomic E-state index is 0.327. The monoisotopic (exact) mass is 262 g/mol. The summed E-state index contributed by atoms with van der Waals surface area (Å²) in [5.74, 6) is 0.950. The number of hydrogen-bond acceptors (Lipinski definition) is 3. The predicted molar refractivity (Wildman–Crippen MR) is 79.4 cm³/mol. The summed E-state index contributed by atoms with van der Waals surface area (Å²) in [6.45, 7) is 6.76. The number of nitrogens with two attached hydrogens (primary N) is 1. The lowest BCUT2D eigenvalue weighted by Crippen LogP contribution is -2.36. The van der Waals surface area contributed by atoms with Crippen LogP contribution in [0, 0.1) is 0 Å². The van der Waals surface area contributed by atoms with E-state index >= 15 is 0 Å². The Morgan fingerprint density at radius 1 is 1.37 bits per heavy atom. The maximum Gasteiger partial charge on any atom is 0.119 e. The molecule has 106 valence electrons. The number of rotatable bonds is 8. The summed E-state index contributed by atoms with van der Waals surface area (Å²) in [7, 11) is 0. The first kappa shape index (κ1) is 14.4. The van der Waals surface area contributed by atoms with Crippen LogP contribution in [0.2, 0.25) is 0 Å². The van der Waals surface area contributed by atoms with Crippen LogP contribution in [0.15, 0.2) is 24.3 Å². The molecule has 0 saturated heterocycles. The van der Waals surface area contributed by atoms with E-state index in [4.69, 9.17) is 10.5 Å². The molecule has 0 heterocycles. The second kappa shape index (κ2) is 6.92. The van der Waals surface area contributed by atoms with Crippen LogP contribution in [-0.2, 0) is 0 Å². The fourth-order valence-corrected chi connectivity index (χ4v) is 2.70. The van der Waals surface area contributed by atoms with E-state index < -0.39 is 0 Å². The Hall–Kier alpha value is -1.06. The van der Waals surface area contributed by atoms with Gasteiger partial charge in [-0.3, -0.25) is 4.90 Å². The molecule has 0 radical (unpaired) electrons. The topological polar surface area (TPSA) is 38.5 Å². The van der Waals surface area contributed by atoms with Gasteiger partial charge in [0.25, 0.3) is 0 Å². The second-order valence-electron chi connectivity index (χ2n) is 5.23. The number of nitrogens with zero attached hydrogens (tertiary/aromatic N) is 1. The Morgan fingerprint density at radius 3 is 2.74 bits per heavy atom. The molecule has 19 heavy (non-hydrogen) atoms. The smallest absolute Gasteiger partial charge is 0.119 e. The largest absolute Gasteiger partial charge is 0.494 e. The van der Waals surface area contributed by atoms with Gasteiger partial charge in [0.1, 0.15) is 5.75 Å². The highest BCUT2D eigenvalue weighted by atomic mass is 16.5. The number of hydrogen-bond donors (Lipinski definition) is 1. The molecular formula is C16H26N2O. The van der Waals surface area contributed by atoms with Crippen LogP contribution in [0.25, 0.3) is 0 Å². The minimum Gasteiger partial charge on any atom is -0.494 e. The van der Waals surface area contributed by atoms with Crippen molar-refractivity contribution in [1.82, 2.24) is 4.90 Å². The Labute approximate surface area is 116 Å². The van der Waals surface area contributed by atoms with Crippen molar-refractivity contribution < 1.29 is 4.74 Å². The van der Waals surface area contributed by atoms with Crippen molar-refractivity contribution >= 4 is 0 Å². The Bertz CT molecular complexity index is 390. The molecule has 1 aromatic rings. The molecule has 3 nitrogen and oxygen atoms in total. The molecule has 0 spiro atoms. The first-order chi connectivity index (χ1) is 9.30. The van der Waals surface area contributed by atoms with E-state index in [-0.39, 0.29) is 0 Å². The van der Waals surface area contributed by atoms with Gasteiger partial charge in [0, 0.05) is 18.6 Å². The average molecular weight is 262 g/mol. The highest BCUT2D eigenvalue weighted by molar-refractivity contribution is 5.31. The number of ether oxygens (including phenoxy) is 1. The molecule has 0 bridgehead atoms. The van der Waals surface area contributed by atoms with Gasteiger partial charge in [-0.25, -0.2) is 0 Å². The van der Waals surface area contributed by atoms with Crippen LogP contribution >= 0.6 is 0 Å². The fourth-order valence-electron chi connectivity index (χ4n) is 2.70. The first-order valence-electron chi connectivity index (χ1n) is 7.48. The summed E-state index contributed by atoms with van der Waals surface area (Å²) in [6.07, 6.45) is 3.82. The van der Waals surface area contributed by atoms with Crippen LogP contribution in [0.5, 0.6) is 5.75 Å². The zero-order chi connectivity index (χ0) is 13.7. The molecule has 0 aromatic heterocycles. The molecule has 1 aromatic carbocycles. The molecule has 3 heteroatoms. The molecule has 0 aliphatic heterocycles. The first-order valence-corrected chi connectivity index (χ1v) is 7.48. The maximum absolute atomic E-state index is 6.04. The molecule has 1 aliphatic rings. The van der Waals surface area contributed by atoms with Crippen molar-refractivity contribution in [2.45, 2.75) is 45.2 Å². The lowest BCUT2D eigenvalue weighted by molar-refractivity contribution is 0.191. The molecule has 1 unspecified atom stereocenters. The highest BCUT2D eigenvalue weighted by Crippen LogP contribution is 2.34. The van der Waals surface area contributed by atoms with Gasteiger partial charge in [-0.05, 0) is 50.4 Å². The standard InChI is InChI=1S/C16H26N2O/c1-3-10-18(14-8-9-14)16(12-17)13-6-5-7-15(11-13)19-4-2/h5-7,11,14,16H,3-4,8-10,12,17H2,1-2H3. The summed E-state index contributed by atoms with van der Waals surface area (Å²) in [5, 5.41) is 0. The highest BCUT2D eigenvalue weighted by Gasteiger charge is 2.33. The van der Waals surface area contributed by atoms with Crippen LogP contribution in [0.4, 0.5) is 0 Å². The zero-order valence-corrected chi connectivity index (χ0v) is 12.1. The molecule has 1 aliphatic carbocycles. The SMILES string of the molecule is CCCN(C1CC1)C(CN)c1cccc(OCC)c1. The third-order valence-electron chi connectivity index (χ3n) is 3.68. The molecule has 1 atom stereocenters. The molecule has 2 rings (SSSR count). The van der Waals surface area contributed by atoms with Gasteiger partial charge < -0.3 is 10.5 Å². The average Bonchev–Trinajstić information content (AvgIpc) is 3.24. The third-order valence-corrected chi connectivity index (χ3v) is 3.68. The van der Waals surface area contributed by atoms with E-state index in [1.54, 1.807) is 0 Å². The van der Waals surface area contributed by atoms with Crippen molar-refractivity contribution in [3.8, 4) is 5.75 Å². The summed E-state index contributed by atoms with van der Waals surface area (Å²) >= 11 is 0. The van der Waals surface area contributed by atoms with E-state index in [0.717, 1.165) is 18.3 Å². The van der Waals surface area contributed by atoms with Gasteiger partial charge in [0.2, 0.25) is 0 Å². The zero-order valence-electron chi connectivity index (χ0n) is 12.1. The Kier molecular flexibility index (Phi) is 5.23. The summed E-state index contributed by atoms with van der Waals surface area (Å²) in [6, 6.07) is 9.47. The van der Waals surface area contributed by atoms with Gasteiger partial charge in [0.05, 0.1) is 6.61 Å². The van der Waals surface area contributed by atoms with Crippen molar-refractivity contribution in [3.05, 3.63) is 29.8 Å². The van der Waals surface area contributed by atoms with E-state index in [1.807, 2.05) is 13.0 Å². The van der Waals surface area contributed by atoms with Gasteiger partial charge >= 0.3 is 0 Å². The van der Waals surface area contributed by atoms with Crippen LogP contribution in [0.3, 0.4) is 0 Å². The lowest BCUT2D eigenvalue weighted by Gasteiger charge is -2.31. The van der Waals surface area contributed by atoms with Gasteiger partial charge in [-0.1, -0.05) is 19.1 Å². The Morgan fingerprint density at radius 2 is 2.16 bits per heavy atom. The molecule has 1 fully saturated rings. The molecule has 0 amide bonds. The van der Waals surface area contributed by atoms with Gasteiger partial charge in [-0.15, -0.1) is 0 Å². The van der Waals surface area contributed by atoms with Gasteiger partial charge in [0.15, 0.2) is 0 Å². The normalized spacial score (nSPS) is 16.6. The van der Waals surface area contributed by atoms with Crippen LogP contribution < -0.4 is 10.5 Å². The van der Waals surface area contributed by atoms with Gasteiger partial charge in [-0.2, -0.15) is 0 Å². The van der Waals surface area contributed by atoms with E-state index in [1.165, 1.54) is 24.8 Å². The van der Waals surface area contributed by atoms with Crippen molar-refractivity contribution in [2.75, 3.05) is 19.7 Å². The van der Waals surface area contributed by atoms with Crippen molar-refractivity contribution in [3.63, 3.8) is 0 Å². The molecule has 2 N–H and O–H groups in total. The maximum atomic E-state index is 6.04. The van der Waals surface area contributed by atoms with Crippen LogP contribution in [-0.4, -0.2) is 30.6 Å². The predicted octanol–water partition coefficient (Wildman–Crippen LogP) is 2.96. The Balaban J connectivity index is 2.16. The number of benzene rings is 1. The summed E-state index contributed by atoms with van der Waals surface area (Å²) in [5.41, 5.74) is 7.33. The lowest BCUT2D eigenvalue weighted by atomic mass is 10.0. The quantitative estimate of drug-likeness (QED) is 0.783. The van der Waals surface area contributed by atoms with Crippen LogP contribution in [0.1, 0.15) is 44.7 Å². The summed E-state index contributed by atoms with van der Waals surface area (Å²) in [4.78, 5) is 2.57. The van der Waals surface area contributed by atoms with Crippen molar-refractivity contribution in [1.29, 1.82) is 0 Å². The fraction of sp³-hybridized carbons (Fsp3) is 0.625. The van der Waals surface area contributed by atoms with E-state index in [0.29, 0.717) is 19.2 Å². The summed E-state index contributed by atoms with van der Waals surface area (Å²) < 4.78 is 5.60. The van der Waals surface area contributed by atoms with Crippen molar-refractivity contribution in [2.24, 2.45) is 5.73 Å². The second-order valence-corrected chi connectivity index (χ2v) is 5.23. The van der Waals surface area contributed by atoms with E-state index in [9.17, 15) is 0 Å².